The second kappa shape index (κ2) is 10.1. The van der Waals surface area contributed by atoms with Crippen molar-refractivity contribution in [2.45, 2.75) is 31.8 Å². The first kappa shape index (κ1) is 18.3. The van der Waals surface area contributed by atoms with Crippen molar-refractivity contribution in [3.05, 3.63) is 4.91 Å². The highest BCUT2D eigenvalue weighted by atomic mass is 32.2. The van der Waals surface area contributed by atoms with Crippen LogP contribution in [0.25, 0.3) is 0 Å². The molecule has 0 bridgehead atoms. The third-order valence-electron chi connectivity index (χ3n) is 2.30. The van der Waals surface area contributed by atoms with Gasteiger partial charge in [-0.05, 0) is 13.3 Å². The lowest BCUT2D eigenvalue weighted by molar-refractivity contribution is -0.138. The maximum Gasteiger partial charge on any atom is 0.320 e. The highest BCUT2D eigenvalue weighted by Crippen LogP contribution is 2.04. The Morgan fingerprint density at radius 3 is 2.55 bits per heavy atom. The molecule has 10 heteroatoms. The molecule has 0 aliphatic heterocycles. The average Bonchev–Trinajstić information content (AvgIpc) is 2.40. The number of nitroso groups, excluding NO2 is 1. The Hall–Kier alpha value is -1.68. The van der Waals surface area contributed by atoms with Crippen LogP contribution < -0.4 is 16.4 Å². The summed E-state index contributed by atoms with van der Waals surface area (Å²) < 4.78 is 2.56. The summed E-state index contributed by atoms with van der Waals surface area (Å²) in [5, 5.41) is 13.5. The van der Waals surface area contributed by atoms with Crippen LogP contribution in [0.5, 0.6) is 0 Å². The normalized spacial score (nSPS) is 13.1. The first-order valence-electron chi connectivity index (χ1n) is 5.92. The average molecular weight is 306 g/mol. The molecule has 0 aliphatic rings. The van der Waals surface area contributed by atoms with Gasteiger partial charge in [-0.15, -0.1) is 4.91 Å². The summed E-state index contributed by atoms with van der Waals surface area (Å²) in [5.74, 6) is -2.13. The lowest BCUT2D eigenvalue weighted by Crippen LogP contribution is -2.48. The molecule has 0 aromatic carbocycles. The van der Waals surface area contributed by atoms with E-state index in [2.05, 4.69) is 15.2 Å². The molecule has 2 unspecified atom stereocenters. The van der Waals surface area contributed by atoms with Crippen LogP contribution in [0.1, 0.15) is 19.8 Å². The Labute approximate surface area is 120 Å². The minimum atomic E-state index is -1.20. The quantitative estimate of drug-likeness (QED) is 0.305. The fourth-order valence-electron chi connectivity index (χ4n) is 1.26. The number of nitrogens with two attached hydrogens (primary N) is 1. The van der Waals surface area contributed by atoms with Gasteiger partial charge in [0.25, 0.3) is 0 Å². The second-order valence-corrected chi connectivity index (χ2v) is 4.61. The number of nitrogens with zero attached hydrogens (tertiary/aromatic N) is 1. The van der Waals surface area contributed by atoms with E-state index >= 15 is 0 Å². The van der Waals surface area contributed by atoms with E-state index in [0.717, 1.165) is 0 Å². The second-order valence-electron chi connectivity index (χ2n) is 3.87. The summed E-state index contributed by atoms with van der Waals surface area (Å²) in [6, 6.07) is -2.03. The zero-order valence-electron chi connectivity index (χ0n) is 11.0. The van der Waals surface area contributed by atoms with Crippen molar-refractivity contribution in [1.82, 2.24) is 10.6 Å². The number of carboxylic acids is 1. The summed E-state index contributed by atoms with van der Waals surface area (Å²) >= 11 is 0.617. The number of hydrogen-bond acceptors (Lipinski definition) is 7. The number of rotatable bonds is 10. The molecule has 2 amide bonds. The molecule has 114 valence electrons. The molecular weight excluding hydrogens is 288 g/mol. The molecule has 9 nitrogen and oxygen atoms in total. The SMILES string of the molecule is CCNC(=O)C(CSN=O)NC(=O)CCC(N)C(=O)O. The van der Waals surface area contributed by atoms with Gasteiger partial charge >= 0.3 is 5.97 Å². The third kappa shape index (κ3) is 7.69. The zero-order chi connectivity index (χ0) is 15.5. The van der Waals surface area contributed by atoms with Gasteiger partial charge in [0.05, 0.1) is 0 Å². The molecule has 0 aromatic heterocycles. The van der Waals surface area contributed by atoms with Crippen molar-refractivity contribution in [3.63, 3.8) is 0 Å². The lowest BCUT2D eigenvalue weighted by Gasteiger charge is -2.16. The van der Waals surface area contributed by atoms with E-state index < -0.39 is 29.9 Å². The summed E-state index contributed by atoms with van der Waals surface area (Å²) in [5.41, 5.74) is 5.26. The Balaban J connectivity index is 4.33. The van der Waals surface area contributed by atoms with Crippen molar-refractivity contribution in [1.29, 1.82) is 0 Å². The molecule has 2 atom stereocenters. The molecule has 0 heterocycles. The van der Waals surface area contributed by atoms with Crippen LogP contribution in [0.3, 0.4) is 0 Å². The zero-order valence-corrected chi connectivity index (χ0v) is 11.8. The molecule has 0 saturated carbocycles. The van der Waals surface area contributed by atoms with E-state index in [-0.39, 0.29) is 18.6 Å². The van der Waals surface area contributed by atoms with Crippen LogP contribution in [0.15, 0.2) is 4.58 Å². The molecule has 0 spiro atoms. The molecule has 0 rings (SSSR count). The Bertz CT molecular complexity index is 366. The number of carbonyl (C=O) groups is 3. The van der Waals surface area contributed by atoms with E-state index in [1.807, 2.05) is 0 Å². The van der Waals surface area contributed by atoms with Crippen LogP contribution in [-0.2, 0) is 14.4 Å². The fourth-order valence-corrected chi connectivity index (χ4v) is 1.71. The van der Waals surface area contributed by atoms with Crippen LogP contribution in [0.4, 0.5) is 0 Å². The Kier molecular flexibility index (Phi) is 9.30. The van der Waals surface area contributed by atoms with Crippen molar-refractivity contribution in [3.8, 4) is 0 Å². The minimum absolute atomic E-state index is 0.00601. The van der Waals surface area contributed by atoms with Gasteiger partial charge in [0.15, 0.2) is 0 Å². The smallest absolute Gasteiger partial charge is 0.320 e. The van der Waals surface area contributed by atoms with Gasteiger partial charge in [0, 0.05) is 35.2 Å². The van der Waals surface area contributed by atoms with Gasteiger partial charge in [-0.3, -0.25) is 14.4 Å². The van der Waals surface area contributed by atoms with Gasteiger partial charge in [-0.1, -0.05) is 0 Å². The number of carbonyl (C=O) groups excluding carboxylic acids is 2. The minimum Gasteiger partial charge on any atom is -0.480 e. The highest BCUT2D eigenvalue weighted by Gasteiger charge is 2.21. The van der Waals surface area contributed by atoms with Crippen LogP contribution in [0.2, 0.25) is 0 Å². The van der Waals surface area contributed by atoms with E-state index in [1.54, 1.807) is 6.92 Å². The number of nitrogens with one attached hydrogen (secondary N) is 2. The van der Waals surface area contributed by atoms with Gasteiger partial charge in [0.1, 0.15) is 12.1 Å². The van der Waals surface area contributed by atoms with Gasteiger partial charge in [0.2, 0.25) is 11.8 Å². The summed E-state index contributed by atoms with van der Waals surface area (Å²) in [7, 11) is 0. The Morgan fingerprint density at radius 2 is 2.05 bits per heavy atom. The maximum atomic E-state index is 11.6. The molecule has 0 fully saturated rings. The number of carboxylic acid groups (broad SMARTS) is 1. The van der Waals surface area contributed by atoms with Crippen molar-refractivity contribution in [2.75, 3.05) is 12.3 Å². The Morgan fingerprint density at radius 1 is 1.40 bits per heavy atom. The number of hydrogen-bond donors (Lipinski definition) is 4. The van der Waals surface area contributed by atoms with Crippen molar-refractivity contribution >= 4 is 29.7 Å². The fraction of sp³-hybridized carbons (Fsp3) is 0.700. The summed E-state index contributed by atoms with van der Waals surface area (Å²) in [6.07, 6.45) is -0.162. The highest BCUT2D eigenvalue weighted by molar-refractivity contribution is 7.97. The first-order chi connectivity index (χ1) is 9.42. The van der Waals surface area contributed by atoms with E-state index in [0.29, 0.717) is 18.5 Å². The molecule has 0 saturated heterocycles. The molecule has 20 heavy (non-hydrogen) atoms. The number of aliphatic carboxylic acids is 1. The lowest BCUT2D eigenvalue weighted by atomic mass is 10.1. The largest absolute Gasteiger partial charge is 0.480 e. The predicted molar refractivity (Wildman–Crippen MR) is 73.7 cm³/mol. The first-order valence-corrected chi connectivity index (χ1v) is 6.86. The van der Waals surface area contributed by atoms with E-state index in [1.165, 1.54) is 0 Å². The van der Waals surface area contributed by atoms with E-state index in [4.69, 9.17) is 10.8 Å². The standard InChI is InChI=1S/C10H18N4O5S/c1-2-12-9(16)7(5-20-14-19)13-8(15)4-3-6(11)10(17)18/h6-7H,2-5,11H2,1H3,(H,12,16)(H,13,15)(H,17,18). The predicted octanol–water partition coefficient (Wildman–Crippen LogP) is -0.786. The monoisotopic (exact) mass is 306 g/mol. The molecule has 0 aliphatic carbocycles. The topological polar surface area (TPSA) is 151 Å². The number of amides is 2. The van der Waals surface area contributed by atoms with Gasteiger partial charge in [-0.2, -0.15) is 0 Å². The third-order valence-corrected chi connectivity index (χ3v) is 2.88. The maximum absolute atomic E-state index is 11.6. The van der Waals surface area contributed by atoms with Gasteiger partial charge in [-0.25, -0.2) is 0 Å². The molecule has 0 radical (unpaired) electrons. The van der Waals surface area contributed by atoms with Crippen LogP contribution >= 0.6 is 11.9 Å². The van der Waals surface area contributed by atoms with Crippen molar-refractivity contribution in [2.24, 2.45) is 10.3 Å². The molecular formula is C10H18N4O5S. The molecule has 5 N–H and O–H groups in total. The van der Waals surface area contributed by atoms with Crippen LogP contribution in [-0.4, -0.2) is 47.3 Å². The van der Waals surface area contributed by atoms with Crippen molar-refractivity contribution < 1.29 is 19.5 Å². The van der Waals surface area contributed by atoms with E-state index in [9.17, 15) is 19.3 Å². The number of likely N-dealkylation sites (N-methyl/N-ethyl adjacent to an activating group) is 1. The summed E-state index contributed by atoms with van der Waals surface area (Å²) in [6.45, 7) is 2.10. The van der Waals surface area contributed by atoms with Crippen LogP contribution in [0, 0.1) is 4.91 Å². The molecule has 0 aromatic rings. The summed E-state index contributed by atoms with van der Waals surface area (Å²) in [4.78, 5) is 43.8. The van der Waals surface area contributed by atoms with Gasteiger partial charge < -0.3 is 21.5 Å².